The lowest BCUT2D eigenvalue weighted by atomic mass is 10.0. The second-order valence-electron chi connectivity index (χ2n) is 4.53. The van der Waals surface area contributed by atoms with Crippen LogP contribution in [0.4, 0.5) is 4.79 Å². The Balaban J connectivity index is 2.28. The third-order valence-electron chi connectivity index (χ3n) is 3.15. The molecular weight excluding hydrogens is 366 g/mol. The summed E-state index contributed by atoms with van der Waals surface area (Å²) in [4.78, 5) is 28.1. The number of methoxy groups -OCH3 is 1. The zero-order valence-corrected chi connectivity index (χ0v) is 13.4. The van der Waals surface area contributed by atoms with E-state index in [2.05, 4.69) is 31.0 Å². The van der Waals surface area contributed by atoms with Crippen molar-refractivity contribution in [1.29, 1.82) is 0 Å². The number of rotatable bonds is 2. The molecule has 1 amide bonds. The van der Waals surface area contributed by atoms with Crippen LogP contribution in [-0.2, 0) is 9.53 Å². The largest absolute Gasteiger partial charge is 0.468 e. The van der Waals surface area contributed by atoms with E-state index in [1.807, 2.05) is 0 Å². The number of pyridine rings is 1. The average molecular weight is 379 g/mol. The van der Waals surface area contributed by atoms with E-state index in [1.165, 1.54) is 12.0 Å². The molecule has 7 nitrogen and oxygen atoms in total. The van der Waals surface area contributed by atoms with E-state index in [4.69, 9.17) is 11.6 Å². The van der Waals surface area contributed by atoms with Gasteiger partial charge in [0.25, 0.3) is 0 Å². The van der Waals surface area contributed by atoms with Crippen LogP contribution in [0.15, 0.2) is 16.7 Å². The predicted molar refractivity (Wildman–Crippen MR) is 78.2 cm³/mol. The van der Waals surface area contributed by atoms with Crippen LogP contribution in [0.25, 0.3) is 0 Å². The maximum Gasteiger partial charge on any atom is 0.407 e. The fraction of sp³-hybridized carbons (Fsp3) is 0.417. The van der Waals surface area contributed by atoms with Gasteiger partial charge in [0.1, 0.15) is 15.8 Å². The normalized spacial score (nSPS) is 22.0. The lowest BCUT2D eigenvalue weighted by molar-refractivity contribution is -0.144. The Morgan fingerprint density at radius 3 is 2.81 bits per heavy atom. The van der Waals surface area contributed by atoms with Crippen molar-refractivity contribution in [3.05, 3.63) is 27.5 Å². The lowest BCUT2D eigenvalue weighted by Crippen LogP contribution is -2.57. The van der Waals surface area contributed by atoms with Crippen molar-refractivity contribution in [3.8, 4) is 0 Å². The van der Waals surface area contributed by atoms with Crippen LogP contribution < -0.4 is 5.32 Å². The van der Waals surface area contributed by atoms with E-state index in [0.717, 1.165) is 5.56 Å². The van der Waals surface area contributed by atoms with Crippen LogP contribution >= 0.6 is 27.5 Å². The molecule has 1 aliphatic rings. The molecule has 2 N–H and O–H groups in total. The Hall–Kier alpha value is -1.38. The summed E-state index contributed by atoms with van der Waals surface area (Å²) in [7, 11) is 1.26. The van der Waals surface area contributed by atoms with Gasteiger partial charge >= 0.3 is 12.1 Å². The molecule has 0 radical (unpaired) electrons. The van der Waals surface area contributed by atoms with Crippen molar-refractivity contribution in [2.45, 2.75) is 12.1 Å². The summed E-state index contributed by atoms with van der Waals surface area (Å²) >= 11 is 9.14. The van der Waals surface area contributed by atoms with Crippen LogP contribution in [0.3, 0.4) is 0 Å². The molecular formula is C12H13BrClN3O4. The summed E-state index contributed by atoms with van der Waals surface area (Å²) in [5.74, 6) is -0.509. The van der Waals surface area contributed by atoms with Gasteiger partial charge in [-0.3, -0.25) is 10.1 Å². The molecule has 1 saturated heterocycles. The Morgan fingerprint density at radius 2 is 2.24 bits per heavy atom. The van der Waals surface area contributed by atoms with Crippen LogP contribution in [0.1, 0.15) is 11.6 Å². The number of hydrogen-bond donors (Lipinski definition) is 2. The first kappa shape index (κ1) is 16.0. The van der Waals surface area contributed by atoms with Crippen LogP contribution in [-0.4, -0.2) is 53.3 Å². The van der Waals surface area contributed by atoms with Gasteiger partial charge in [0, 0.05) is 6.54 Å². The smallest absolute Gasteiger partial charge is 0.407 e. The molecule has 0 bridgehead atoms. The van der Waals surface area contributed by atoms with Gasteiger partial charge in [-0.05, 0) is 33.6 Å². The average Bonchev–Trinajstić information content (AvgIpc) is 2.44. The first-order valence-electron chi connectivity index (χ1n) is 6.05. The molecule has 1 fully saturated rings. The Kier molecular flexibility index (Phi) is 5.02. The number of aromatic nitrogens is 1. The third-order valence-corrected chi connectivity index (χ3v) is 3.75. The second kappa shape index (κ2) is 6.59. The molecule has 2 heterocycles. The van der Waals surface area contributed by atoms with Crippen molar-refractivity contribution in [2.75, 3.05) is 20.2 Å². The van der Waals surface area contributed by atoms with Crippen LogP contribution in [0, 0.1) is 0 Å². The molecule has 0 saturated carbocycles. The van der Waals surface area contributed by atoms with Crippen LogP contribution in [0.5, 0.6) is 0 Å². The highest BCUT2D eigenvalue weighted by Gasteiger charge is 2.34. The quantitative estimate of drug-likeness (QED) is 0.601. The molecule has 0 spiro atoms. The molecule has 2 atom stereocenters. The predicted octanol–water partition coefficient (Wildman–Crippen LogP) is 1.66. The maximum atomic E-state index is 11.7. The molecule has 2 rings (SSSR count). The van der Waals surface area contributed by atoms with Crippen LogP contribution in [0.2, 0.25) is 5.15 Å². The van der Waals surface area contributed by atoms with Gasteiger partial charge in [-0.1, -0.05) is 11.6 Å². The van der Waals surface area contributed by atoms with Crippen molar-refractivity contribution in [1.82, 2.24) is 15.2 Å². The fourth-order valence-corrected chi connectivity index (χ4v) is 2.97. The Labute approximate surface area is 134 Å². The maximum absolute atomic E-state index is 11.7. The third kappa shape index (κ3) is 3.84. The summed E-state index contributed by atoms with van der Waals surface area (Å²) in [5, 5.41) is 12.5. The van der Waals surface area contributed by atoms with Gasteiger partial charge in [0.2, 0.25) is 0 Å². The summed E-state index contributed by atoms with van der Waals surface area (Å²) in [6.45, 7) is 0.244. The summed E-state index contributed by atoms with van der Waals surface area (Å²) in [5.41, 5.74) is 0.738. The fourth-order valence-electron chi connectivity index (χ4n) is 2.19. The summed E-state index contributed by atoms with van der Waals surface area (Å²) in [6.07, 6.45) is -1.09. The van der Waals surface area contributed by atoms with E-state index >= 15 is 0 Å². The van der Waals surface area contributed by atoms with Gasteiger partial charge in [0.15, 0.2) is 0 Å². The number of carbonyl (C=O) groups is 2. The Morgan fingerprint density at radius 1 is 1.52 bits per heavy atom. The zero-order chi connectivity index (χ0) is 15.6. The van der Waals surface area contributed by atoms with Gasteiger partial charge in [-0.25, -0.2) is 9.78 Å². The number of esters is 1. The number of ether oxygens (including phenoxy) is 1. The minimum absolute atomic E-state index is 0.0402. The molecule has 114 valence electrons. The first-order valence-corrected chi connectivity index (χ1v) is 7.22. The summed E-state index contributed by atoms with van der Waals surface area (Å²) in [6, 6.07) is 2.25. The van der Waals surface area contributed by atoms with Gasteiger partial charge in [-0.15, -0.1) is 0 Å². The van der Waals surface area contributed by atoms with Crippen molar-refractivity contribution >= 4 is 39.6 Å². The number of nitrogens with one attached hydrogen (secondary N) is 1. The SMILES string of the molecule is COC(=O)C1CN(C(=O)O)CC(c2cc(Cl)nc(Br)c2)N1. The standard InChI is InChI=1S/C12H13BrClN3O4/c1-21-11(18)8-5-17(12(19)20)4-7(15-8)6-2-9(13)16-10(14)3-6/h2-3,7-8,15H,4-5H2,1H3,(H,19,20). The Bertz CT molecular complexity index is 551. The van der Waals surface area contributed by atoms with E-state index in [-0.39, 0.29) is 24.3 Å². The number of carboxylic acid groups (broad SMARTS) is 1. The van der Waals surface area contributed by atoms with E-state index in [9.17, 15) is 14.7 Å². The number of piperazine rings is 1. The van der Waals surface area contributed by atoms with Gasteiger partial charge < -0.3 is 14.7 Å². The van der Waals surface area contributed by atoms with Gasteiger partial charge in [-0.2, -0.15) is 0 Å². The molecule has 0 aromatic carbocycles. The highest BCUT2D eigenvalue weighted by Crippen LogP contribution is 2.24. The van der Waals surface area contributed by atoms with E-state index < -0.39 is 18.1 Å². The molecule has 1 aromatic rings. The monoisotopic (exact) mass is 377 g/mol. The zero-order valence-electron chi connectivity index (χ0n) is 11.0. The van der Waals surface area contributed by atoms with Gasteiger partial charge in [0.05, 0.1) is 19.7 Å². The molecule has 0 aliphatic carbocycles. The molecule has 1 aliphatic heterocycles. The molecule has 9 heteroatoms. The van der Waals surface area contributed by atoms with Crippen molar-refractivity contribution in [3.63, 3.8) is 0 Å². The highest BCUT2D eigenvalue weighted by atomic mass is 79.9. The highest BCUT2D eigenvalue weighted by molar-refractivity contribution is 9.10. The summed E-state index contributed by atoms with van der Waals surface area (Å²) < 4.78 is 5.22. The molecule has 21 heavy (non-hydrogen) atoms. The number of amides is 1. The lowest BCUT2D eigenvalue weighted by Gasteiger charge is -2.36. The number of nitrogens with zero attached hydrogens (tertiary/aromatic N) is 2. The number of carbonyl (C=O) groups excluding carboxylic acids is 1. The molecule has 1 aromatic heterocycles. The molecule has 2 unspecified atom stereocenters. The first-order chi connectivity index (χ1) is 9.90. The minimum atomic E-state index is -1.09. The topological polar surface area (TPSA) is 91.8 Å². The van der Waals surface area contributed by atoms with E-state index in [1.54, 1.807) is 12.1 Å². The van der Waals surface area contributed by atoms with E-state index in [0.29, 0.717) is 4.60 Å². The van der Waals surface area contributed by atoms with Crippen molar-refractivity contribution in [2.24, 2.45) is 0 Å². The van der Waals surface area contributed by atoms with Crippen molar-refractivity contribution < 1.29 is 19.4 Å². The number of halogens is 2. The minimum Gasteiger partial charge on any atom is -0.468 e. The number of hydrogen-bond acceptors (Lipinski definition) is 5. The second-order valence-corrected chi connectivity index (χ2v) is 5.73.